The molecule has 2 aromatic rings. The van der Waals surface area contributed by atoms with Crippen LogP contribution in [0.4, 0.5) is 5.69 Å². The highest BCUT2D eigenvalue weighted by atomic mass is 35.5. The third-order valence-corrected chi connectivity index (χ3v) is 4.25. The molecule has 110 valence electrons. The number of nitrogens with zero attached hydrogens (tertiary/aromatic N) is 2. The van der Waals surface area contributed by atoms with E-state index in [-0.39, 0.29) is 12.2 Å². The molecule has 0 radical (unpaired) electrons. The van der Waals surface area contributed by atoms with Crippen molar-refractivity contribution in [3.8, 4) is 0 Å². The lowest BCUT2D eigenvalue weighted by Crippen LogP contribution is -2.09. The highest BCUT2D eigenvalue weighted by molar-refractivity contribution is 6.31. The molecule has 1 fully saturated rings. The maximum atomic E-state index is 12.3. The van der Waals surface area contributed by atoms with Crippen molar-refractivity contribution in [1.29, 1.82) is 0 Å². The van der Waals surface area contributed by atoms with Gasteiger partial charge >= 0.3 is 0 Å². The van der Waals surface area contributed by atoms with Gasteiger partial charge in [-0.1, -0.05) is 24.4 Å². The van der Waals surface area contributed by atoms with Crippen LogP contribution in [-0.4, -0.2) is 15.6 Å². The van der Waals surface area contributed by atoms with Crippen molar-refractivity contribution in [3.63, 3.8) is 0 Å². The highest BCUT2D eigenvalue weighted by Crippen LogP contribution is 2.28. The number of benzene rings is 1. The van der Waals surface area contributed by atoms with Crippen LogP contribution < -0.4 is 5.73 Å². The van der Waals surface area contributed by atoms with Crippen molar-refractivity contribution in [3.05, 3.63) is 46.7 Å². The number of ketones is 1. The zero-order chi connectivity index (χ0) is 14.8. The molecule has 0 amide bonds. The number of Topliss-reactive ketones (excluding diaryl/α,β-unsaturated/α-hetero) is 1. The molecule has 3 rings (SSSR count). The summed E-state index contributed by atoms with van der Waals surface area (Å²) >= 11 is 5.85. The number of rotatable bonds is 4. The number of anilines is 1. The van der Waals surface area contributed by atoms with Gasteiger partial charge in [0.25, 0.3) is 0 Å². The van der Waals surface area contributed by atoms with Crippen LogP contribution in [0.2, 0.25) is 5.02 Å². The minimum atomic E-state index is -0.0270. The Balaban J connectivity index is 1.72. The summed E-state index contributed by atoms with van der Waals surface area (Å²) in [6.07, 6.45) is 7.13. The van der Waals surface area contributed by atoms with Crippen LogP contribution in [0.15, 0.2) is 30.5 Å². The average molecular weight is 304 g/mol. The van der Waals surface area contributed by atoms with E-state index in [0.717, 1.165) is 5.69 Å². The van der Waals surface area contributed by atoms with Gasteiger partial charge in [0.15, 0.2) is 5.78 Å². The van der Waals surface area contributed by atoms with Gasteiger partial charge in [0.1, 0.15) is 0 Å². The van der Waals surface area contributed by atoms with Crippen molar-refractivity contribution in [2.75, 3.05) is 5.73 Å². The van der Waals surface area contributed by atoms with Crippen molar-refractivity contribution in [2.24, 2.45) is 0 Å². The first-order valence-electron chi connectivity index (χ1n) is 7.26. The topological polar surface area (TPSA) is 60.9 Å². The molecule has 1 aliphatic rings. The fourth-order valence-electron chi connectivity index (χ4n) is 2.89. The van der Waals surface area contributed by atoms with Crippen molar-refractivity contribution in [1.82, 2.24) is 9.78 Å². The number of carbonyl (C=O) groups is 1. The smallest absolute Gasteiger partial charge is 0.170 e. The minimum absolute atomic E-state index is 0.0270. The zero-order valence-electron chi connectivity index (χ0n) is 11.8. The summed E-state index contributed by atoms with van der Waals surface area (Å²) in [4.78, 5) is 12.3. The van der Waals surface area contributed by atoms with Gasteiger partial charge < -0.3 is 5.73 Å². The summed E-state index contributed by atoms with van der Waals surface area (Å²) in [6.45, 7) is 0. The van der Waals surface area contributed by atoms with E-state index in [1.54, 1.807) is 18.2 Å². The monoisotopic (exact) mass is 303 g/mol. The Morgan fingerprint density at radius 2 is 2.10 bits per heavy atom. The van der Waals surface area contributed by atoms with E-state index in [9.17, 15) is 4.79 Å². The molecule has 0 aliphatic heterocycles. The summed E-state index contributed by atoms with van der Waals surface area (Å²) in [5.41, 5.74) is 7.57. The molecule has 0 bridgehead atoms. The summed E-state index contributed by atoms with van der Waals surface area (Å²) in [5, 5.41) is 5.07. The van der Waals surface area contributed by atoms with Gasteiger partial charge in [-0.25, -0.2) is 0 Å². The first-order valence-corrected chi connectivity index (χ1v) is 7.63. The number of hydrogen-bond donors (Lipinski definition) is 1. The fraction of sp³-hybridized carbons (Fsp3) is 0.375. The zero-order valence-corrected chi connectivity index (χ0v) is 12.5. The molecule has 4 nitrogen and oxygen atoms in total. The predicted molar refractivity (Wildman–Crippen MR) is 83.6 cm³/mol. The first kappa shape index (κ1) is 14.1. The van der Waals surface area contributed by atoms with Crippen molar-refractivity contribution in [2.45, 2.75) is 38.1 Å². The van der Waals surface area contributed by atoms with Gasteiger partial charge in [0.2, 0.25) is 0 Å². The van der Waals surface area contributed by atoms with Crippen LogP contribution >= 0.6 is 11.6 Å². The fourth-order valence-corrected chi connectivity index (χ4v) is 3.07. The Kier molecular flexibility index (Phi) is 3.97. The van der Waals surface area contributed by atoms with Gasteiger partial charge in [-0.3, -0.25) is 9.48 Å². The van der Waals surface area contributed by atoms with E-state index in [4.69, 9.17) is 17.3 Å². The van der Waals surface area contributed by atoms with Crippen LogP contribution in [0.1, 0.15) is 47.8 Å². The van der Waals surface area contributed by atoms with Gasteiger partial charge in [0, 0.05) is 22.5 Å². The van der Waals surface area contributed by atoms with E-state index in [1.165, 1.54) is 25.7 Å². The Bertz CT molecular complexity index is 659. The molecule has 21 heavy (non-hydrogen) atoms. The van der Waals surface area contributed by atoms with E-state index < -0.39 is 0 Å². The molecule has 1 saturated carbocycles. The Hall–Kier alpha value is -1.81. The maximum Gasteiger partial charge on any atom is 0.170 e. The first-order chi connectivity index (χ1) is 10.1. The number of aromatic nitrogens is 2. The van der Waals surface area contributed by atoms with E-state index in [1.807, 2.05) is 16.9 Å². The van der Waals surface area contributed by atoms with Crippen LogP contribution in [0.25, 0.3) is 0 Å². The highest BCUT2D eigenvalue weighted by Gasteiger charge is 2.18. The standard InChI is InChI=1S/C16H18ClN3O/c17-11-5-6-14(15(18)9-11)16(21)10-12-7-8-20(19-12)13-3-1-2-4-13/h5-9,13H,1-4,10,18H2. The molecule has 5 heteroatoms. The second-order valence-corrected chi connectivity index (χ2v) is 5.99. The predicted octanol–water partition coefficient (Wildman–Crippen LogP) is 3.66. The molecule has 0 atom stereocenters. The molecular weight excluding hydrogens is 286 g/mol. The quantitative estimate of drug-likeness (QED) is 0.692. The van der Waals surface area contributed by atoms with Gasteiger partial charge in [0.05, 0.1) is 18.2 Å². The number of hydrogen-bond acceptors (Lipinski definition) is 3. The third-order valence-electron chi connectivity index (χ3n) is 4.02. The largest absolute Gasteiger partial charge is 0.398 e. The molecule has 1 aromatic carbocycles. The lowest BCUT2D eigenvalue weighted by molar-refractivity contribution is 0.0992. The van der Waals surface area contributed by atoms with Gasteiger partial charge in [-0.05, 0) is 37.1 Å². The summed E-state index contributed by atoms with van der Waals surface area (Å²) in [7, 11) is 0. The van der Waals surface area contributed by atoms with Crippen molar-refractivity contribution >= 4 is 23.1 Å². The molecular formula is C16H18ClN3O. The average Bonchev–Trinajstić information content (AvgIpc) is 3.08. The number of nitrogen functional groups attached to an aromatic ring is 1. The van der Waals surface area contributed by atoms with Crippen LogP contribution in [0.3, 0.4) is 0 Å². The molecule has 0 spiro atoms. The summed E-state index contributed by atoms with van der Waals surface area (Å²) in [5.74, 6) is -0.0270. The van der Waals surface area contributed by atoms with Gasteiger partial charge in [-0.15, -0.1) is 0 Å². The molecule has 0 saturated heterocycles. The molecule has 1 aliphatic carbocycles. The Morgan fingerprint density at radius 1 is 1.33 bits per heavy atom. The number of halogens is 1. The van der Waals surface area contributed by atoms with Crippen LogP contribution in [-0.2, 0) is 6.42 Å². The Morgan fingerprint density at radius 3 is 2.81 bits per heavy atom. The van der Waals surface area contributed by atoms with E-state index in [0.29, 0.717) is 22.3 Å². The maximum absolute atomic E-state index is 12.3. The summed E-state index contributed by atoms with van der Waals surface area (Å²) in [6, 6.07) is 7.37. The normalized spacial score (nSPS) is 15.5. The SMILES string of the molecule is Nc1cc(Cl)ccc1C(=O)Cc1ccn(C2CCCC2)n1. The summed E-state index contributed by atoms with van der Waals surface area (Å²) < 4.78 is 2.00. The van der Waals surface area contributed by atoms with Crippen LogP contribution in [0.5, 0.6) is 0 Å². The number of nitrogens with two attached hydrogens (primary N) is 1. The molecule has 2 N–H and O–H groups in total. The van der Waals surface area contributed by atoms with Crippen molar-refractivity contribution < 1.29 is 4.79 Å². The molecule has 1 heterocycles. The minimum Gasteiger partial charge on any atom is -0.398 e. The third kappa shape index (κ3) is 3.10. The van der Waals surface area contributed by atoms with E-state index >= 15 is 0 Å². The number of carbonyl (C=O) groups excluding carboxylic acids is 1. The second kappa shape index (κ2) is 5.90. The second-order valence-electron chi connectivity index (χ2n) is 5.56. The molecule has 1 aromatic heterocycles. The Labute approximate surface area is 128 Å². The van der Waals surface area contributed by atoms with Gasteiger partial charge in [-0.2, -0.15) is 5.10 Å². The van der Waals surface area contributed by atoms with E-state index in [2.05, 4.69) is 5.10 Å². The molecule has 0 unspecified atom stereocenters. The lowest BCUT2D eigenvalue weighted by Gasteiger charge is -2.09. The van der Waals surface area contributed by atoms with Crippen LogP contribution in [0, 0.1) is 0 Å². The lowest BCUT2D eigenvalue weighted by atomic mass is 10.1.